The molecule has 0 fully saturated rings. The molecule has 1 rings (SSSR count). The predicted molar refractivity (Wildman–Crippen MR) is 78.8 cm³/mol. The van der Waals surface area contributed by atoms with Crippen molar-refractivity contribution in [3.05, 3.63) is 34.5 Å². The zero-order valence-electron chi connectivity index (χ0n) is 12.1. The minimum atomic E-state index is -1.42. The lowest BCUT2D eigenvalue weighted by Crippen LogP contribution is -2.43. The quantitative estimate of drug-likeness (QED) is 0.441. The first-order valence-electron chi connectivity index (χ1n) is 6.54. The molecule has 1 aromatic rings. The van der Waals surface area contributed by atoms with Gasteiger partial charge >= 0.3 is 11.9 Å². The fourth-order valence-electron chi connectivity index (χ4n) is 1.91. The number of hydrogen-bond donors (Lipinski definition) is 0. The highest BCUT2D eigenvalue weighted by molar-refractivity contribution is 7.10. The Morgan fingerprint density at radius 2 is 1.85 bits per heavy atom. The second kappa shape index (κ2) is 7.24. The van der Waals surface area contributed by atoms with Crippen molar-refractivity contribution in [1.82, 2.24) is 0 Å². The number of rotatable bonds is 7. The Labute approximate surface area is 123 Å². The molecule has 0 unspecified atom stereocenters. The summed E-state index contributed by atoms with van der Waals surface area (Å²) in [5.41, 5.74) is -0.521. The fourth-order valence-corrected chi connectivity index (χ4v) is 2.98. The third kappa shape index (κ3) is 3.10. The predicted octanol–water partition coefficient (Wildman–Crippen LogP) is 2.86. The molecule has 0 radical (unpaired) electrons. The number of esters is 2. The van der Waals surface area contributed by atoms with Gasteiger partial charge in [0.15, 0.2) is 5.41 Å². The van der Waals surface area contributed by atoms with E-state index in [0.29, 0.717) is 11.3 Å². The van der Waals surface area contributed by atoms with Crippen LogP contribution in [0.25, 0.3) is 0 Å². The standard InChI is InChI=1S/C15H20O4S/c1-5-8-11-9-10-20-12(11)15(4,13(16)18-6-2)14(17)19-7-3/h5,9-10H,1,6-8H2,2-4H3. The molecule has 20 heavy (non-hydrogen) atoms. The highest BCUT2D eigenvalue weighted by Gasteiger charge is 2.48. The molecule has 0 aliphatic rings. The molecule has 5 heteroatoms. The maximum atomic E-state index is 12.3. The van der Waals surface area contributed by atoms with Gasteiger partial charge in [-0.2, -0.15) is 0 Å². The molecule has 1 heterocycles. The van der Waals surface area contributed by atoms with Crippen LogP contribution in [0.1, 0.15) is 31.2 Å². The molecule has 4 nitrogen and oxygen atoms in total. The lowest BCUT2D eigenvalue weighted by molar-refractivity contribution is -0.163. The van der Waals surface area contributed by atoms with Crippen LogP contribution < -0.4 is 0 Å². The molecule has 0 aliphatic heterocycles. The summed E-state index contributed by atoms with van der Waals surface area (Å²) in [6, 6.07) is 1.89. The van der Waals surface area contributed by atoms with Crippen molar-refractivity contribution in [3.8, 4) is 0 Å². The van der Waals surface area contributed by atoms with Gasteiger partial charge in [-0.3, -0.25) is 9.59 Å². The summed E-state index contributed by atoms with van der Waals surface area (Å²) in [6.45, 7) is 9.11. The van der Waals surface area contributed by atoms with Crippen LogP contribution in [0.4, 0.5) is 0 Å². The van der Waals surface area contributed by atoms with Gasteiger partial charge in [0.1, 0.15) is 0 Å². The van der Waals surface area contributed by atoms with Crippen molar-refractivity contribution >= 4 is 23.3 Å². The summed E-state index contributed by atoms with van der Waals surface area (Å²) in [6.07, 6.45) is 2.33. The van der Waals surface area contributed by atoms with E-state index >= 15 is 0 Å². The highest BCUT2D eigenvalue weighted by atomic mass is 32.1. The molecule has 0 spiro atoms. The van der Waals surface area contributed by atoms with E-state index in [1.54, 1.807) is 26.8 Å². The summed E-state index contributed by atoms with van der Waals surface area (Å²) in [7, 11) is 0. The second-order valence-electron chi connectivity index (χ2n) is 4.33. The molecule has 1 aromatic heterocycles. The molecule has 0 bridgehead atoms. The number of hydrogen-bond acceptors (Lipinski definition) is 5. The molecule has 0 N–H and O–H groups in total. The molecular formula is C15H20O4S. The van der Waals surface area contributed by atoms with Crippen LogP contribution in [0.3, 0.4) is 0 Å². The van der Waals surface area contributed by atoms with E-state index in [-0.39, 0.29) is 13.2 Å². The van der Waals surface area contributed by atoms with Gasteiger partial charge in [0.05, 0.1) is 13.2 Å². The normalized spacial score (nSPS) is 10.9. The van der Waals surface area contributed by atoms with Crippen LogP contribution >= 0.6 is 11.3 Å². The van der Waals surface area contributed by atoms with Crippen LogP contribution in [-0.2, 0) is 30.9 Å². The fraction of sp³-hybridized carbons (Fsp3) is 0.467. The van der Waals surface area contributed by atoms with E-state index in [2.05, 4.69) is 6.58 Å². The van der Waals surface area contributed by atoms with Crippen molar-refractivity contribution in [1.29, 1.82) is 0 Å². The topological polar surface area (TPSA) is 52.6 Å². The first-order valence-corrected chi connectivity index (χ1v) is 7.42. The monoisotopic (exact) mass is 296 g/mol. The van der Waals surface area contributed by atoms with Crippen molar-refractivity contribution in [3.63, 3.8) is 0 Å². The SMILES string of the molecule is C=CCc1ccsc1C(C)(C(=O)OCC)C(=O)OCC. The highest BCUT2D eigenvalue weighted by Crippen LogP contribution is 2.35. The molecule has 0 saturated heterocycles. The summed E-state index contributed by atoms with van der Waals surface area (Å²) < 4.78 is 10.1. The van der Waals surface area contributed by atoms with Gasteiger partial charge in [-0.25, -0.2) is 0 Å². The van der Waals surface area contributed by atoms with Gasteiger partial charge in [-0.05, 0) is 44.2 Å². The number of thiophene rings is 1. The van der Waals surface area contributed by atoms with Crippen molar-refractivity contribution in [2.24, 2.45) is 0 Å². The maximum Gasteiger partial charge on any atom is 0.328 e. The smallest absolute Gasteiger partial charge is 0.328 e. The van der Waals surface area contributed by atoms with E-state index in [9.17, 15) is 9.59 Å². The van der Waals surface area contributed by atoms with Crippen LogP contribution in [0.5, 0.6) is 0 Å². The minimum Gasteiger partial charge on any atom is -0.465 e. The lowest BCUT2D eigenvalue weighted by atomic mass is 9.86. The first kappa shape index (κ1) is 16.4. The summed E-state index contributed by atoms with van der Waals surface area (Å²) >= 11 is 1.36. The number of carbonyl (C=O) groups is 2. The summed E-state index contributed by atoms with van der Waals surface area (Å²) in [5, 5.41) is 1.85. The largest absolute Gasteiger partial charge is 0.465 e. The molecule has 110 valence electrons. The molecule has 0 saturated carbocycles. The van der Waals surface area contributed by atoms with E-state index < -0.39 is 17.4 Å². The molecule has 0 aliphatic carbocycles. The first-order chi connectivity index (χ1) is 9.52. The van der Waals surface area contributed by atoms with Gasteiger partial charge in [-0.15, -0.1) is 17.9 Å². The Kier molecular flexibility index (Phi) is 5.95. The zero-order valence-corrected chi connectivity index (χ0v) is 12.9. The number of allylic oxidation sites excluding steroid dienone is 1. The van der Waals surface area contributed by atoms with Gasteiger partial charge < -0.3 is 9.47 Å². The third-order valence-electron chi connectivity index (χ3n) is 2.93. The van der Waals surface area contributed by atoms with Gasteiger partial charge in [-0.1, -0.05) is 6.08 Å². The zero-order chi connectivity index (χ0) is 15.2. The van der Waals surface area contributed by atoms with Crippen molar-refractivity contribution in [2.45, 2.75) is 32.6 Å². The number of ether oxygens (including phenoxy) is 2. The van der Waals surface area contributed by atoms with Gasteiger partial charge in [0.25, 0.3) is 0 Å². The third-order valence-corrected chi connectivity index (χ3v) is 4.11. The Balaban J connectivity index is 3.28. The van der Waals surface area contributed by atoms with Crippen molar-refractivity contribution < 1.29 is 19.1 Å². The molecule has 0 amide bonds. The summed E-state index contributed by atoms with van der Waals surface area (Å²) in [5.74, 6) is -1.16. The van der Waals surface area contributed by atoms with E-state index in [1.165, 1.54) is 11.3 Å². The summed E-state index contributed by atoms with van der Waals surface area (Å²) in [4.78, 5) is 25.2. The lowest BCUT2D eigenvalue weighted by Gasteiger charge is -2.25. The Morgan fingerprint density at radius 3 is 2.30 bits per heavy atom. The van der Waals surface area contributed by atoms with Gasteiger partial charge in [0, 0.05) is 4.88 Å². The number of carbonyl (C=O) groups excluding carboxylic acids is 2. The Morgan fingerprint density at radius 1 is 1.30 bits per heavy atom. The second-order valence-corrected chi connectivity index (χ2v) is 5.25. The van der Waals surface area contributed by atoms with E-state index in [1.807, 2.05) is 11.4 Å². The van der Waals surface area contributed by atoms with E-state index in [0.717, 1.165) is 5.56 Å². The van der Waals surface area contributed by atoms with Crippen LogP contribution in [-0.4, -0.2) is 25.2 Å². The van der Waals surface area contributed by atoms with Crippen molar-refractivity contribution in [2.75, 3.05) is 13.2 Å². The minimum absolute atomic E-state index is 0.218. The van der Waals surface area contributed by atoms with Crippen LogP contribution in [0, 0.1) is 0 Å². The Hall–Kier alpha value is -1.62. The molecule has 0 atom stereocenters. The maximum absolute atomic E-state index is 12.3. The molecular weight excluding hydrogens is 276 g/mol. The average Bonchev–Trinajstić information content (AvgIpc) is 2.87. The van der Waals surface area contributed by atoms with Crippen LogP contribution in [0.15, 0.2) is 24.1 Å². The average molecular weight is 296 g/mol. The van der Waals surface area contributed by atoms with Gasteiger partial charge in [0.2, 0.25) is 0 Å². The molecule has 0 aromatic carbocycles. The Bertz CT molecular complexity index is 472. The van der Waals surface area contributed by atoms with Crippen LogP contribution in [0.2, 0.25) is 0 Å². The van der Waals surface area contributed by atoms with E-state index in [4.69, 9.17) is 9.47 Å².